The van der Waals surface area contributed by atoms with Gasteiger partial charge in [0.05, 0.1) is 22.3 Å². The number of anilines is 1. The smallest absolute Gasteiger partial charge is 0.255 e. The predicted octanol–water partition coefficient (Wildman–Crippen LogP) is 4.74. The highest BCUT2D eigenvalue weighted by Crippen LogP contribution is 2.31. The molecule has 120 valence electrons. The van der Waals surface area contributed by atoms with Gasteiger partial charge >= 0.3 is 0 Å². The first kappa shape index (κ1) is 16.1. The van der Waals surface area contributed by atoms with Gasteiger partial charge in [0.2, 0.25) is 0 Å². The van der Waals surface area contributed by atoms with Crippen molar-refractivity contribution in [3.8, 4) is 5.75 Å². The number of carbonyl (C=O) groups excluding carboxylic acids is 1. The molecule has 1 heterocycles. The molecular formula is C17H16Cl2N2O2. The zero-order valence-corrected chi connectivity index (χ0v) is 14.1. The van der Waals surface area contributed by atoms with Crippen LogP contribution in [0, 0.1) is 12.8 Å². The fraction of sp³-hybridized carbons (Fsp3) is 0.294. The van der Waals surface area contributed by atoms with Gasteiger partial charge in [-0.25, -0.2) is 0 Å². The number of aromatic nitrogens is 1. The Morgan fingerprint density at radius 2 is 2.00 bits per heavy atom. The van der Waals surface area contributed by atoms with Gasteiger partial charge in [-0.2, -0.15) is 0 Å². The summed E-state index contributed by atoms with van der Waals surface area (Å²) in [5, 5.41) is 3.31. The van der Waals surface area contributed by atoms with Gasteiger partial charge in [-0.15, -0.1) is 0 Å². The monoisotopic (exact) mass is 350 g/mol. The second kappa shape index (κ2) is 6.77. The van der Waals surface area contributed by atoms with Crippen molar-refractivity contribution < 1.29 is 9.53 Å². The lowest BCUT2D eigenvalue weighted by atomic mass is 10.1. The van der Waals surface area contributed by atoms with Gasteiger partial charge in [-0.3, -0.25) is 9.78 Å². The number of nitrogens with one attached hydrogen (secondary N) is 1. The van der Waals surface area contributed by atoms with E-state index in [1.807, 2.05) is 13.0 Å². The van der Waals surface area contributed by atoms with Crippen molar-refractivity contribution in [2.45, 2.75) is 19.8 Å². The molecule has 1 aromatic carbocycles. The van der Waals surface area contributed by atoms with E-state index >= 15 is 0 Å². The van der Waals surface area contributed by atoms with Crippen LogP contribution in [0.4, 0.5) is 5.69 Å². The van der Waals surface area contributed by atoms with Crippen LogP contribution in [0.25, 0.3) is 0 Å². The van der Waals surface area contributed by atoms with Gasteiger partial charge in [0.1, 0.15) is 5.75 Å². The summed E-state index contributed by atoms with van der Waals surface area (Å²) in [6, 6.07) is 5.36. The molecule has 1 aliphatic rings. The fourth-order valence-corrected chi connectivity index (χ4v) is 2.56. The Bertz CT molecular complexity index is 725. The third-order valence-electron chi connectivity index (χ3n) is 3.71. The second-order valence-corrected chi connectivity index (χ2v) is 6.48. The molecule has 3 rings (SSSR count). The molecule has 1 N–H and O–H groups in total. The van der Waals surface area contributed by atoms with Crippen LogP contribution >= 0.6 is 23.2 Å². The molecule has 0 spiro atoms. The number of hydrogen-bond acceptors (Lipinski definition) is 3. The molecule has 0 aliphatic heterocycles. The van der Waals surface area contributed by atoms with Crippen molar-refractivity contribution in [2.75, 3.05) is 11.9 Å². The Labute approximate surface area is 144 Å². The summed E-state index contributed by atoms with van der Waals surface area (Å²) in [6.07, 6.45) is 5.31. The van der Waals surface area contributed by atoms with Crippen molar-refractivity contribution in [3.05, 3.63) is 51.8 Å². The van der Waals surface area contributed by atoms with Gasteiger partial charge in [-0.05, 0) is 43.4 Å². The molecule has 6 heteroatoms. The number of amides is 1. The number of halogens is 2. The van der Waals surface area contributed by atoms with E-state index in [0.29, 0.717) is 33.8 Å². The molecule has 1 saturated carbocycles. The van der Waals surface area contributed by atoms with E-state index < -0.39 is 0 Å². The van der Waals surface area contributed by atoms with Crippen molar-refractivity contribution in [1.82, 2.24) is 4.98 Å². The van der Waals surface area contributed by atoms with Crippen LogP contribution < -0.4 is 10.1 Å². The molecule has 0 unspecified atom stereocenters. The van der Waals surface area contributed by atoms with E-state index in [1.165, 1.54) is 25.2 Å². The lowest BCUT2D eigenvalue weighted by Crippen LogP contribution is -2.13. The van der Waals surface area contributed by atoms with Crippen LogP contribution in [0.1, 0.15) is 28.8 Å². The molecule has 4 nitrogen and oxygen atoms in total. The molecule has 0 saturated heterocycles. The first-order valence-electron chi connectivity index (χ1n) is 7.38. The van der Waals surface area contributed by atoms with Gasteiger partial charge in [0.25, 0.3) is 5.91 Å². The molecule has 1 aromatic heterocycles. The quantitative estimate of drug-likeness (QED) is 0.847. The molecule has 1 fully saturated rings. The van der Waals surface area contributed by atoms with E-state index in [-0.39, 0.29) is 5.91 Å². The van der Waals surface area contributed by atoms with Crippen LogP contribution in [0.15, 0.2) is 30.6 Å². The summed E-state index contributed by atoms with van der Waals surface area (Å²) < 4.78 is 5.81. The number of hydrogen-bond donors (Lipinski definition) is 1. The molecular weight excluding hydrogens is 335 g/mol. The van der Waals surface area contributed by atoms with Crippen molar-refractivity contribution >= 4 is 34.8 Å². The van der Waals surface area contributed by atoms with Crippen LogP contribution in [0.2, 0.25) is 10.0 Å². The summed E-state index contributed by atoms with van der Waals surface area (Å²) >= 11 is 12.0. The lowest BCUT2D eigenvalue weighted by Gasteiger charge is -2.12. The first-order chi connectivity index (χ1) is 11.0. The fourth-order valence-electron chi connectivity index (χ4n) is 2.11. The molecule has 0 radical (unpaired) electrons. The topological polar surface area (TPSA) is 51.2 Å². The zero-order valence-electron chi connectivity index (χ0n) is 12.6. The van der Waals surface area contributed by atoms with Crippen molar-refractivity contribution in [2.24, 2.45) is 5.92 Å². The lowest BCUT2D eigenvalue weighted by molar-refractivity contribution is 0.102. The van der Waals surface area contributed by atoms with Gasteiger partial charge in [-0.1, -0.05) is 29.3 Å². The molecule has 0 atom stereocenters. The minimum Gasteiger partial charge on any atom is -0.493 e. The highest BCUT2D eigenvalue weighted by Gasteiger charge is 2.22. The van der Waals surface area contributed by atoms with E-state index in [1.54, 1.807) is 12.1 Å². The average molecular weight is 351 g/mol. The maximum atomic E-state index is 12.4. The summed E-state index contributed by atoms with van der Waals surface area (Å²) in [6.45, 7) is 2.66. The minimum absolute atomic E-state index is 0.295. The number of carbonyl (C=O) groups is 1. The zero-order chi connectivity index (χ0) is 16.4. The minimum atomic E-state index is -0.295. The molecule has 23 heavy (non-hydrogen) atoms. The van der Waals surface area contributed by atoms with Gasteiger partial charge < -0.3 is 10.1 Å². The standard InChI is InChI=1S/C17H16Cl2N2O2/c1-10-2-5-12(6-15(10)23-9-11-3-4-11)17(22)21-16-13(18)7-20-8-14(16)19/h2,5-8,11H,3-4,9H2,1H3,(H,20,21,22). The highest BCUT2D eigenvalue weighted by molar-refractivity contribution is 6.39. The maximum absolute atomic E-state index is 12.4. The van der Waals surface area contributed by atoms with Crippen molar-refractivity contribution in [1.29, 1.82) is 0 Å². The number of ether oxygens (including phenoxy) is 1. The SMILES string of the molecule is Cc1ccc(C(=O)Nc2c(Cl)cncc2Cl)cc1OCC1CC1. The molecule has 0 bridgehead atoms. The normalized spacial score (nSPS) is 13.7. The van der Waals surface area contributed by atoms with Gasteiger partial charge in [0, 0.05) is 18.0 Å². The second-order valence-electron chi connectivity index (χ2n) is 5.67. The third kappa shape index (κ3) is 3.95. The Balaban J connectivity index is 1.77. The van der Waals surface area contributed by atoms with Crippen molar-refractivity contribution in [3.63, 3.8) is 0 Å². The average Bonchev–Trinajstić information content (AvgIpc) is 3.34. The Morgan fingerprint density at radius 1 is 1.30 bits per heavy atom. The summed E-state index contributed by atoms with van der Waals surface area (Å²) in [5.41, 5.74) is 1.85. The largest absolute Gasteiger partial charge is 0.493 e. The summed E-state index contributed by atoms with van der Waals surface area (Å²) in [7, 11) is 0. The highest BCUT2D eigenvalue weighted by atomic mass is 35.5. The van der Waals surface area contributed by atoms with E-state index in [2.05, 4.69) is 10.3 Å². The Morgan fingerprint density at radius 3 is 2.65 bits per heavy atom. The van der Waals surface area contributed by atoms with Crippen LogP contribution in [-0.4, -0.2) is 17.5 Å². The molecule has 1 aliphatic carbocycles. The molecule has 1 amide bonds. The predicted molar refractivity (Wildman–Crippen MR) is 91.6 cm³/mol. The van der Waals surface area contributed by atoms with Crippen LogP contribution in [0.3, 0.4) is 0 Å². The number of aryl methyl sites for hydroxylation is 1. The Hall–Kier alpha value is -1.78. The number of pyridine rings is 1. The Kier molecular flexibility index (Phi) is 4.74. The molecule has 2 aromatic rings. The van der Waals surface area contributed by atoms with Crippen LogP contribution in [-0.2, 0) is 0 Å². The summed E-state index contributed by atoms with van der Waals surface area (Å²) in [4.78, 5) is 16.3. The summed E-state index contributed by atoms with van der Waals surface area (Å²) in [5.74, 6) is 1.09. The third-order valence-corrected chi connectivity index (χ3v) is 4.29. The van der Waals surface area contributed by atoms with E-state index in [0.717, 1.165) is 11.3 Å². The number of nitrogens with zero attached hydrogens (tertiary/aromatic N) is 1. The first-order valence-corrected chi connectivity index (χ1v) is 8.14. The number of benzene rings is 1. The van der Waals surface area contributed by atoms with Crippen LogP contribution in [0.5, 0.6) is 5.75 Å². The maximum Gasteiger partial charge on any atom is 0.255 e. The van der Waals surface area contributed by atoms with E-state index in [4.69, 9.17) is 27.9 Å². The van der Waals surface area contributed by atoms with Gasteiger partial charge in [0.15, 0.2) is 0 Å². The van der Waals surface area contributed by atoms with E-state index in [9.17, 15) is 4.79 Å². The number of rotatable bonds is 5.